The van der Waals surface area contributed by atoms with Crippen molar-refractivity contribution in [2.75, 3.05) is 6.54 Å². The maximum atomic E-state index is 12.8. The molecule has 5 heteroatoms. The molecular weight excluding hydrogens is 278 g/mol. The van der Waals surface area contributed by atoms with Crippen molar-refractivity contribution in [2.24, 2.45) is 5.92 Å². The summed E-state index contributed by atoms with van der Waals surface area (Å²) in [6, 6.07) is 3.82. The molecule has 1 unspecified atom stereocenters. The number of nitrogens with zero attached hydrogens (tertiary/aromatic N) is 1. The van der Waals surface area contributed by atoms with Crippen LogP contribution in [0.4, 0.5) is 0 Å². The van der Waals surface area contributed by atoms with Crippen LogP contribution in [0.2, 0.25) is 0 Å². The fourth-order valence-electron chi connectivity index (χ4n) is 3.07. The highest BCUT2D eigenvalue weighted by Crippen LogP contribution is 2.29. The zero-order valence-corrected chi connectivity index (χ0v) is 12.8. The monoisotopic (exact) mass is 301 g/mol. The van der Waals surface area contributed by atoms with Crippen LogP contribution in [0.5, 0.6) is 0 Å². The van der Waals surface area contributed by atoms with Gasteiger partial charge >= 0.3 is 0 Å². The first-order chi connectivity index (χ1) is 10.7. The molecule has 5 nitrogen and oxygen atoms in total. The van der Waals surface area contributed by atoms with Gasteiger partial charge < -0.3 is 10.6 Å². The lowest BCUT2D eigenvalue weighted by atomic mass is 9.86. The molecule has 1 aliphatic heterocycles. The summed E-state index contributed by atoms with van der Waals surface area (Å²) in [7, 11) is 0. The minimum Gasteiger partial charge on any atom is -0.354 e. The normalized spacial score (nSPS) is 25.2. The van der Waals surface area contributed by atoms with Gasteiger partial charge in [-0.1, -0.05) is 12.5 Å². The Morgan fingerprint density at radius 1 is 1.41 bits per heavy atom. The molecule has 1 saturated carbocycles. The van der Waals surface area contributed by atoms with Gasteiger partial charge in [0.15, 0.2) is 0 Å². The molecule has 2 N–H and O–H groups in total. The van der Waals surface area contributed by atoms with Crippen LogP contribution in [0, 0.1) is 5.92 Å². The Balaban J connectivity index is 1.79. The summed E-state index contributed by atoms with van der Waals surface area (Å²) in [5.74, 6) is 0.558. The summed E-state index contributed by atoms with van der Waals surface area (Å²) in [5, 5.41) is 6.06. The van der Waals surface area contributed by atoms with E-state index in [2.05, 4.69) is 15.6 Å². The zero-order valence-electron chi connectivity index (χ0n) is 12.8. The van der Waals surface area contributed by atoms with Crippen molar-refractivity contribution in [3.8, 4) is 0 Å². The number of aromatic nitrogens is 1. The summed E-state index contributed by atoms with van der Waals surface area (Å²) < 4.78 is 0. The van der Waals surface area contributed by atoms with Gasteiger partial charge in [-0.05, 0) is 43.2 Å². The van der Waals surface area contributed by atoms with Crippen molar-refractivity contribution >= 4 is 11.8 Å². The molecule has 0 aromatic carbocycles. The molecule has 0 spiro atoms. The molecule has 2 heterocycles. The molecule has 118 valence electrons. The SMILES string of the molecule is O=C1CCCCC(Cc2cccnc2)(C(=O)NCC2CC2)N1. The lowest BCUT2D eigenvalue weighted by molar-refractivity contribution is -0.133. The van der Waals surface area contributed by atoms with Gasteiger partial charge in [0.25, 0.3) is 0 Å². The molecule has 1 aromatic rings. The summed E-state index contributed by atoms with van der Waals surface area (Å²) in [4.78, 5) is 29.0. The molecule has 2 amide bonds. The van der Waals surface area contributed by atoms with Crippen LogP contribution in [-0.2, 0) is 16.0 Å². The first kappa shape index (κ1) is 15.0. The Kier molecular flexibility index (Phi) is 4.41. The summed E-state index contributed by atoms with van der Waals surface area (Å²) >= 11 is 0. The Hall–Kier alpha value is -1.91. The standard InChI is InChI=1S/C17H23N3O2/c21-15-5-1-2-8-17(20-15,10-14-4-3-9-18-11-14)16(22)19-12-13-6-7-13/h3-4,9,11,13H,1-2,5-8,10,12H2,(H,19,22)(H,20,21). The molecule has 2 aliphatic rings. The summed E-state index contributed by atoms with van der Waals surface area (Å²) in [5.41, 5.74) is 0.150. The maximum absolute atomic E-state index is 12.8. The van der Waals surface area contributed by atoms with E-state index < -0.39 is 5.54 Å². The molecule has 1 saturated heterocycles. The van der Waals surface area contributed by atoms with E-state index in [0.29, 0.717) is 25.2 Å². The van der Waals surface area contributed by atoms with E-state index in [1.165, 1.54) is 12.8 Å². The quantitative estimate of drug-likeness (QED) is 0.867. The van der Waals surface area contributed by atoms with Crippen molar-refractivity contribution in [3.63, 3.8) is 0 Å². The number of hydrogen-bond donors (Lipinski definition) is 2. The minimum atomic E-state index is -0.828. The maximum Gasteiger partial charge on any atom is 0.246 e. The molecule has 1 atom stereocenters. The van der Waals surface area contributed by atoms with Crippen LogP contribution < -0.4 is 10.6 Å². The van der Waals surface area contributed by atoms with Gasteiger partial charge in [0.2, 0.25) is 11.8 Å². The number of hydrogen-bond acceptors (Lipinski definition) is 3. The van der Waals surface area contributed by atoms with E-state index in [1.807, 2.05) is 12.1 Å². The lowest BCUT2D eigenvalue weighted by Gasteiger charge is -2.32. The van der Waals surface area contributed by atoms with E-state index in [4.69, 9.17) is 0 Å². The number of carbonyl (C=O) groups excluding carboxylic acids is 2. The van der Waals surface area contributed by atoms with Gasteiger partial charge in [-0.3, -0.25) is 14.6 Å². The highest BCUT2D eigenvalue weighted by atomic mass is 16.2. The highest BCUT2D eigenvalue weighted by molar-refractivity contribution is 5.92. The minimum absolute atomic E-state index is 0.0250. The van der Waals surface area contributed by atoms with Crippen LogP contribution in [0.15, 0.2) is 24.5 Å². The fraction of sp³-hybridized carbons (Fsp3) is 0.588. The summed E-state index contributed by atoms with van der Waals surface area (Å²) in [6.45, 7) is 0.726. The topological polar surface area (TPSA) is 71.1 Å². The predicted octanol–water partition coefficient (Wildman–Crippen LogP) is 1.58. The Labute approximate surface area is 130 Å². The Morgan fingerprint density at radius 3 is 3.00 bits per heavy atom. The lowest BCUT2D eigenvalue weighted by Crippen LogP contribution is -2.59. The number of carbonyl (C=O) groups is 2. The average molecular weight is 301 g/mol. The number of rotatable bonds is 5. The Morgan fingerprint density at radius 2 is 2.27 bits per heavy atom. The van der Waals surface area contributed by atoms with Crippen molar-refractivity contribution in [1.29, 1.82) is 0 Å². The molecule has 2 fully saturated rings. The third kappa shape index (κ3) is 3.64. The van der Waals surface area contributed by atoms with Crippen LogP contribution in [0.3, 0.4) is 0 Å². The van der Waals surface area contributed by atoms with Gasteiger partial charge in [0.05, 0.1) is 0 Å². The third-order valence-corrected chi connectivity index (χ3v) is 4.55. The first-order valence-electron chi connectivity index (χ1n) is 8.16. The van der Waals surface area contributed by atoms with E-state index in [0.717, 1.165) is 24.9 Å². The van der Waals surface area contributed by atoms with Crippen LogP contribution in [0.25, 0.3) is 0 Å². The van der Waals surface area contributed by atoms with E-state index in [-0.39, 0.29) is 11.8 Å². The second kappa shape index (κ2) is 6.46. The van der Waals surface area contributed by atoms with Crippen molar-refractivity contribution in [1.82, 2.24) is 15.6 Å². The largest absolute Gasteiger partial charge is 0.354 e. The van der Waals surface area contributed by atoms with Crippen molar-refractivity contribution < 1.29 is 9.59 Å². The van der Waals surface area contributed by atoms with Crippen LogP contribution >= 0.6 is 0 Å². The molecule has 0 radical (unpaired) electrons. The molecule has 1 aromatic heterocycles. The number of pyridine rings is 1. The van der Waals surface area contributed by atoms with Crippen LogP contribution in [-0.4, -0.2) is 28.9 Å². The van der Waals surface area contributed by atoms with Gasteiger partial charge in [-0.2, -0.15) is 0 Å². The zero-order chi connectivity index (χ0) is 15.4. The van der Waals surface area contributed by atoms with Crippen molar-refractivity contribution in [2.45, 2.75) is 50.5 Å². The molecule has 1 aliphatic carbocycles. The van der Waals surface area contributed by atoms with Crippen LogP contribution in [0.1, 0.15) is 44.1 Å². The first-order valence-corrected chi connectivity index (χ1v) is 8.16. The van der Waals surface area contributed by atoms with E-state index in [1.54, 1.807) is 12.4 Å². The predicted molar refractivity (Wildman–Crippen MR) is 83.0 cm³/mol. The average Bonchev–Trinajstić information content (AvgIpc) is 3.34. The smallest absolute Gasteiger partial charge is 0.246 e. The van der Waals surface area contributed by atoms with Gasteiger partial charge in [0, 0.05) is 31.8 Å². The molecular formula is C17H23N3O2. The number of amides is 2. The molecule has 0 bridgehead atoms. The molecule has 3 rings (SSSR count). The fourth-order valence-corrected chi connectivity index (χ4v) is 3.07. The van der Waals surface area contributed by atoms with Gasteiger partial charge in [0.1, 0.15) is 5.54 Å². The molecule has 22 heavy (non-hydrogen) atoms. The third-order valence-electron chi connectivity index (χ3n) is 4.55. The van der Waals surface area contributed by atoms with Gasteiger partial charge in [-0.25, -0.2) is 0 Å². The van der Waals surface area contributed by atoms with Crippen molar-refractivity contribution in [3.05, 3.63) is 30.1 Å². The second-order valence-electron chi connectivity index (χ2n) is 6.53. The van der Waals surface area contributed by atoms with Gasteiger partial charge in [-0.15, -0.1) is 0 Å². The van der Waals surface area contributed by atoms with E-state index in [9.17, 15) is 9.59 Å². The Bertz CT molecular complexity index is 542. The highest BCUT2D eigenvalue weighted by Gasteiger charge is 2.41. The second-order valence-corrected chi connectivity index (χ2v) is 6.53. The summed E-state index contributed by atoms with van der Waals surface area (Å²) in [6.07, 6.45) is 9.30. The number of nitrogens with one attached hydrogen (secondary N) is 2. The van der Waals surface area contributed by atoms with E-state index >= 15 is 0 Å².